The maximum absolute atomic E-state index is 13.7. The minimum absolute atomic E-state index is 0.0169. The van der Waals surface area contributed by atoms with Crippen LogP contribution in [0.5, 0.6) is 0 Å². The molecule has 1 aliphatic rings. The number of aliphatic imine (C=N–C) groups is 1. The topological polar surface area (TPSA) is 276 Å². The number of amides is 6. The molecular formula is C30H45N9O8. The fourth-order valence-corrected chi connectivity index (χ4v) is 4.66. The van der Waals surface area contributed by atoms with E-state index in [-0.39, 0.29) is 44.1 Å². The third-order valence-corrected chi connectivity index (χ3v) is 7.14. The molecule has 17 nitrogen and oxygen atoms in total. The zero-order valence-corrected chi connectivity index (χ0v) is 26.4. The molecule has 6 amide bonds. The van der Waals surface area contributed by atoms with E-state index in [9.17, 15) is 38.7 Å². The van der Waals surface area contributed by atoms with Crippen LogP contribution in [-0.2, 0) is 40.0 Å². The van der Waals surface area contributed by atoms with E-state index < -0.39 is 72.6 Å². The number of carboxylic acids is 1. The highest BCUT2D eigenvalue weighted by molar-refractivity contribution is 5.98. The van der Waals surface area contributed by atoms with Gasteiger partial charge in [-0.2, -0.15) is 0 Å². The number of carbonyl (C=O) groups excluding carboxylic acids is 6. The van der Waals surface area contributed by atoms with Crippen LogP contribution in [0, 0.1) is 0 Å². The molecule has 1 fully saturated rings. The minimum atomic E-state index is -1.57. The molecule has 0 saturated carbocycles. The van der Waals surface area contributed by atoms with Crippen molar-refractivity contribution in [2.45, 2.75) is 82.5 Å². The second kappa shape index (κ2) is 20.0. The summed E-state index contributed by atoms with van der Waals surface area (Å²) < 4.78 is 0. The van der Waals surface area contributed by atoms with Gasteiger partial charge in [-0.1, -0.05) is 37.3 Å². The molecule has 0 radical (unpaired) electrons. The van der Waals surface area contributed by atoms with Gasteiger partial charge in [-0.25, -0.2) is 0 Å². The fraction of sp³-hybridized carbons (Fsp3) is 0.533. The number of benzene rings is 1. The van der Waals surface area contributed by atoms with Crippen LogP contribution in [0.4, 0.5) is 0 Å². The van der Waals surface area contributed by atoms with E-state index in [2.05, 4.69) is 36.9 Å². The number of hydrogen-bond donors (Lipinski definition) is 9. The van der Waals surface area contributed by atoms with Crippen molar-refractivity contribution in [3.8, 4) is 0 Å². The van der Waals surface area contributed by atoms with Gasteiger partial charge >= 0.3 is 5.97 Å². The average molecular weight is 660 g/mol. The van der Waals surface area contributed by atoms with Crippen LogP contribution in [0.1, 0.15) is 57.4 Å². The number of unbranched alkanes of at least 4 members (excludes halogenated alkanes) is 1. The van der Waals surface area contributed by atoms with Gasteiger partial charge in [0.1, 0.15) is 24.2 Å². The van der Waals surface area contributed by atoms with Gasteiger partial charge in [-0.3, -0.25) is 38.6 Å². The van der Waals surface area contributed by atoms with Gasteiger partial charge in [0, 0.05) is 25.9 Å². The Labute approximate surface area is 272 Å². The highest BCUT2D eigenvalue weighted by Crippen LogP contribution is 2.09. The summed E-state index contributed by atoms with van der Waals surface area (Å²) in [6.07, 6.45) is 0.854. The van der Waals surface area contributed by atoms with Crippen LogP contribution < -0.4 is 43.4 Å². The van der Waals surface area contributed by atoms with E-state index in [1.54, 1.807) is 37.3 Å². The number of carboxylic acid groups (broad SMARTS) is 1. The molecule has 11 N–H and O–H groups in total. The number of nitrogens with two attached hydrogens (primary N) is 2. The van der Waals surface area contributed by atoms with Crippen LogP contribution in [0.15, 0.2) is 35.3 Å². The maximum Gasteiger partial charge on any atom is 0.305 e. The van der Waals surface area contributed by atoms with Crippen molar-refractivity contribution in [2.24, 2.45) is 16.5 Å². The Kier molecular flexibility index (Phi) is 16.2. The SMILES string of the molecule is CCC(=O)NCCCC[C@@H]1NC(=O)[C@@H](Cc2ccccc2)NC(=O)[C@H](CC(=O)O)NC(=O)CNC(=O)[C@H](CCCN=C(N)N)NC1=O. The Morgan fingerprint density at radius 3 is 2.06 bits per heavy atom. The number of aliphatic carboxylic acids is 1. The summed E-state index contributed by atoms with van der Waals surface area (Å²) in [6, 6.07) is 3.53. The summed E-state index contributed by atoms with van der Waals surface area (Å²) in [5, 5.41) is 24.7. The molecule has 17 heteroatoms. The van der Waals surface area contributed by atoms with Gasteiger partial charge in [0.2, 0.25) is 35.4 Å². The molecule has 1 heterocycles. The zero-order valence-electron chi connectivity index (χ0n) is 26.4. The minimum Gasteiger partial charge on any atom is -0.481 e. The molecule has 0 aliphatic carbocycles. The lowest BCUT2D eigenvalue weighted by molar-refractivity contribution is -0.141. The first-order chi connectivity index (χ1) is 22.4. The van der Waals surface area contributed by atoms with Crippen molar-refractivity contribution < 1.29 is 38.7 Å². The Morgan fingerprint density at radius 1 is 0.830 bits per heavy atom. The van der Waals surface area contributed by atoms with E-state index >= 15 is 0 Å². The Hall–Kier alpha value is -5.22. The lowest BCUT2D eigenvalue weighted by atomic mass is 10.0. The highest BCUT2D eigenvalue weighted by atomic mass is 16.4. The lowest BCUT2D eigenvalue weighted by Crippen LogP contribution is -2.58. The standard InChI is InChI=1S/C30H45N9O8/c1-2-23(40)33-13-7-6-11-20-27(45)37-19(12-8-14-34-30(31)32)26(44)35-17-24(41)36-22(16-25(42)43)29(47)39-21(28(46)38-20)15-18-9-4-3-5-10-18/h3-5,9-10,19-22H,2,6-8,11-17H2,1H3,(H,33,40)(H,35,44)(H,36,41)(H,37,45)(H,38,46)(H,39,47)(H,42,43)(H4,31,32,34)/t19-,20-,21+,22-/m0/s1. The number of carbonyl (C=O) groups is 7. The first kappa shape index (κ1) is 38.0. The quantitative estimate of drug-likeness (QED) is 0.0576. The average Bonchev–Trinajstić information content (AvgIpc) is 3.03. The largest absolute Gasteiger partial charge is 0.481 e. The number of guanidine groups is 1. The summed E-state index contributed by atoms with van der Waals surface area (Å²) >= 11 is 0. The second-order valence-electron chi connectivity index (χ2n) is 11.0. The Balaban J connectivity index is 2.42. The van der Waals surface area contributed by atoms with Gasteiger partial charge in [0.05, 0.1) is 13.0 Å². The van der Waals surface area contributed by atoms with Crippen molar-refractivity contribution >= 4 is 47.4 Å². The number of rotatable bonds is 14. The number of nitrogens with one attached hydrogen (secondary N) is 6. The van der Waals surface area contributed by atoms with Crippen LogP contribution in [0.2, 0.25) is 0 Å². The molecule has 4 atom stereocenters. The van der Waals surface area contributed by atoms with Gasteiger partial charge in [-0.15, -0.1) is 0 Å². The molecular weight excluding hydrogens is 614 g/mol. The zero-order chi connectivity index (χ0) is 34.8. The van der Waals surface area contributed by atoms with E-state index in [1.165, 1.54) is 0 Å². The van der Waals surface area contributed by atoms with Crippen molar-refractivity contribution in [2.75, 3.05) is 19.6 Å². The van der Waals surface area contributed by atoms with Crippen LogP contribution in [-0.4, -0.2) is 96.3 Å². The van der Waals surface area contributed by atoms with Crippen LogP contribution in [0.3, 0.4) is 0 Å². The van der Waals surface area contributed by atoms with Gasteiger partial charge in [0.25, 0.3) is 0 Å². The van der Waals surface area contributed by atoms with Gasteiger partial charge in [-0.05, 0) is 37.7 Å². The van der Waals surface area contributed by atoms with E-state index in [0.717, 1.165) is 0 Å². The van der Waals surface area contributed by atoms with Crippen molar-refractivity contribution in [3.63, 3.8) is 0 Å². The number of hydrogen-bond acceptors (Lipinski definition) is 8. The smallest absolute Gasteiger partial charge is 0.305 e. The molecule has 1 saturated heterocycles. The fourth-order valence-electron chi connectivity index (χ4n) is 4.66. The van der Waals surface area contributed by atoms with E-state index in [0.29, 0.717) is 31.4 Å². The summed E-state index contributed by atoms with van der Waals surface area (Å²) in [7, 11) is 0. The lowest BCUT2D eigenvalue weighted by Gasteiger charge is -2.26. The molecule has 0 unspecified atom stereocenters. The summed E-state index contributed by atoms with van der Waals surface area (Å²) in [6.45, 7) is 1.60. The van der Waals surface area contributed by atoms with E-state index in [4.69, 9.17) is 11.5 Å². The predicted molar refractivity (Wildman–Crippen MR) is 170 cm³/mol. The summed E-state index contributed by atoms with van der Waals surface area (Å²) in [5.74, 6) is -5.64. The summed E-state index contributed by atoms with van der Waals surface area (Å²) in [5.41, 5.74) is 11.4. The Bertz CT molecular complexity index is 1290. The summed E-state index contributed by atoms with van der Waals surface area (Å²) in [4.78, 5) is 93.4. The molecule has 0 spiro atoms. The third kappa shape index (κ3) is 14.6. The molecule has 2 rings (SSSR count). The van der Waals surface area contributed by atoms with Crippen molar-refractivity contribution in [3.05, 3.63) is 35.9 Å². The first-order valence-electron chi connectivity index (χ1n) is 15.5. The van der Waals surface area contributed by atoms with Gasteiger partial charge < -0.3 is 48.5 Å². The van der Waals surface area contributed by atoms with Crippen LogP contribution in [0.25, 0.3) is 0 Å². The number of nitrogens with zero attached hydrogens (tertiary/aromatic N) is 1. The highest BCUT2D eigenvalue weighted by Gasteiger charge is 2.33. The maximum atomic E-state index is 13.7. The molecule has 47 heavy (non-hydrogen) atoms. The predicted octanol–water partition coefficient (Wildman–Crippen LogP) is -2.48. The molecule has 0 aromatic heterocycles. The second-order valence-corrected chi connectivity index (χ2v) is 11.0. The molecule has 1 aromatic rings. The van der Waals surface area contributed by atoms with E-state index in [1.807, 2.05) is 0 Å². The third-order valence-electron chi connectivity index (χ3n) is 7.14. The monoisotopic (exact) mass is 659 g/mol. The molecule has 258 valence electrons. The molecule has 1 aromatic carbocycles. The first-order valence-corrected chi connectivity index (χ1v) is 15.5. The molecule has 0 bridgehead atoms. The van der Waals surface area contributed by atoms with Gasteiger partial charge in [0.15, 0.2) is 5.96 Å². The Morgan fingerprint density at radius 2 is 1.43 bits per heavy atom. The molecule has 1 aliphatic heterocycles. The van der Waals surface area contributed by atoms with Crippen molar-refractivity contribution in [1.82, 2.24) is 31.9 Å². The van der Waals surface area contributed by atoms with Crippen LogP contribution >= 0.6 is 0 Å². The van der Waals surface area contributed by atoms with Crippen molar-refractivity contribution in [1.29, 1.82) is 0 Å². The normalized spacial score (nSPS) is 21.0.